The van der Waals surface area contributed by atoms with E-state index in [1.54, 1.807) is 0 Å². The molecule has 0 aliphatic heterocycles. The Kier molecular flexibility index (Phi) is 4.73. The third-order valence-corrected chi connectivity index (χ3v) is 3.31. The highest BCUT2D eigenvalue weighted by Crippen LogP contribution is 2.14. The Morgan fingerprint density at radius 2 is 2.10 bits per heavy atom. The van der Waals surface area contributed by atoms with Gasteiger partial charge in [-0.25, -0.2) is 0 Å². The van der Waals surface area contributed by atoms with Crippen LogP contribution >= 0.6 is 0 Å². The van der Waals surface area contributed by atoms with Crippen LogP contribution in [0.5, 0.6) is 0 Å². The number of aryl methyl sites for hydroxylation is 2. The zero-order chi connectivity index (χ0) is 14.5. The van der Waals surface area contributed by atoms with Gasteiger partial charge >= 0.3 is 6.01 Å². The fourth-order valence-electron chi connectivity index (χ4n) is 2.15. The van der Waals surface area contributed by atoms with Crippen LogP contribution in [0.1, 0.15) is 29.3 Å². The van der Waals surface area contributed by atoms with Gasteiger partial charge in [0.15, 0.2) is 0 Å². The molecule has 0 spiro atoms. The van der Waals surface area contributed by atoms with Crippen LogP contribution in [0, 0.1) is 13.8 Å². The van der Waals surface area contributed by atoms with Crippen molar-refractivity contribution in [3.63, 3.8) is 0 Å². The Morgan fingerprint density at radius 3 is 2.75 bits per heavy atom. The molecule has 0 unspecified atom stereocenters. The molecule has 110 valence electrons. The van der Waals surface area contributed by atoms with Gasteiger partial charge in [0.05, 0.1) is 12.2 Å². The summed E-state index contributed by atoms with van der Waals surface area (Å²) in [6, 6.07) is 0.566. The molecule has 2 heterocycles. The summed E-state index contributed by atoms with van der Waals surface area (Å²) in [7, 11) is 3.81. The number of anilines is 1. The third-order valence-electron chi connectivity index (χ3n) is 3.31. The van der Waals surface area contributed by atoms with Gasteiger partial charge in [-0.1, -0.05) is 5.10 Å². The smallest absolute Gasteiger partial charge is 0.317 e. The van der Waals surface area contributed by atoms with Gasteiger partial charge in [-0.3, -0.25) is 5.10 Å². The molecule has 0 atom stereocenters. The van der Waals surface area contributed by atoms with Crippen molar-refractivity contribution in [2.24, 2.45) is 0 Å². The fraction of sp³-hybridized carbons (Fsp3) is 0.615. The second kappa shape index (κ2) is 6.51. The Balaban J connectivity index is 1.84. The van der Waals surface area contributed by atoms with E-state index in [4.69, 9.17) is 4.42 Å². The number of aromatic amines is 1. The van der Waals surface area contributed by atoms with E-state index in [0.717, 1.165) is 30.8 Å². The molecule has 7 nitrogen and oxygen atoms in total. The minimum atomic E-state index is 0.566. The maximum Gasteiger partial charge on any atom is 0.317 e. The van der Waals surface area contributed by atoms with Gasteiger partial charge in [0, 0.05) is 19.3 Å². The molecular weight excluding hydrogens is 256 g/mol. The molecule has 0 aliphatic rings. The molecule has 0 bridgehead atoms. The van der Waals surface area contributed by atoms with Gasteiger partial charge in [-0.05, 0) is 39.3 Å². The van der Waals surface area contributed by atoms with Crippen LogP contribution in [0.4, 0.5) is 6.01 Å². The van der Waals surface area contributed by atoms with Crippen molar-refractivity contribution in [3.8, 4) is 0 Å². The molecule has 20 heavy (non-hydrogen) atoms. The quantitative estimate of drug-likeness (QED) is 0.792. The predicted molar refractivity (Wildman–Crippen MR) is 76.7 cm³/mol. The molecular formula is C13H22N6O. The number of nitrogens with zero attached hydrogens (tertiary/aromatic N) is 4. The molecule has 0 fully saturated rings. The zero-order valence-corrected chi connectivity index (χ0v) is 12.5. The summed E-state index contributed by atoms with van der Waals surface area (Å²) in [5.41, 5.74) is 3.54. The van der Waals surface area contributed by atoms with Crippen molar-refractivity contribution < 1.29 is 4.42 Å². The van der Waals surface area contributed by atoms with Gasteiger partial charge in [-0.15, -0.1) is 5.10 Å². The van der Waals surface area contributed by atoms with Crippen molar-refractivity contribution in [1.29, 1.82) is 0 Å². The van der Waals surface area contributed by atoms with Gasteiger partial charge in [0.25, 0.3) is 0 Å². The van der Waals surface area contributed by atoms with Crippen LogP contribution in [0.2, 0.25) is 0 Å². The van der Waals surface area contributed by atoms with Crippen LogP contribution < -0.4 is 10.2 Å². The molecule has 0 amide bonds. The second-order valence-electron chi connectivity index (χ2n) is 4.95. The first-order valence-corrected chi connectivity index (χ1v) is 6.80. The summed E-state index contributed by atoms with van der Waals surface area (Å²) in [6.07, 6.45) is 2.01. The molecule has 2 aromatic heterocycles. The van der Waals surface area contributed by atoms with E-state index in [9.17, 15) is 0 Å². The third kappa shape index (κ3) is 3.36. The van der Waals surface area contributed by atoms with E-state index in [1.807, 2.05) is 25.9 Å². The maximum absolute atomic E-state index is 5.54. The van der Waals surface area contributed by atoms with E-state index in [1.165, 1.54) is 5.56 Å². The Bertz CT molecular complexity index is 527. The van der Waals surface area contributed by atoms with Crippen LogP contribution in [0.15, 0.2) is 4.42 Å². The number of rotatable bonds is 7. The molecule has 0 aromatic carbocycles. The zero-order valence-electron chi connectivity index (χ0n) is 12.5. The van der Waals surface area contributed by atoms with Crippen LogP contribution in [0.25, 0.3) is 0 Å². The number of H-pyrrole nitrogens is 1. The maximum atomic E-state index is 5.54. The molecule has 2 rings (SSSR count). The lowest BCUT2D eigenvalue weighted by atomic mass is 10.1. The highest BCUT2D eigenvalue weighted by atomic mass is 16.4. The summed E-state index contributed by atoms with van der Waals surface area (Å²) in [5.74, 6) is 0.607. The number of aromatic nitrogens is 4. The van der Waals surface area contributed by atoms with E-state index < -0.39 is 0 Å². The lowest BCUT2D eigenvalue weighted by Gasteiger charge is -2.13. The predicted octanol–water partition coefficient (Wildman–Crippen LogP) is 1.20. The average molecular weight is 278 g/mol. The minimum Gasteiger partial charge on any atom is -0.407 e. The number of hydrogen-bond donors (Lipinski definition) is 2. The van der Waals surface area contributed by atoms with Gasteiger partial charge in [0.1, 0.15) is 0 Å². The van der Waals surface area contributed by atoms with Crippen LogP contribution in [-0.2, 0) is 13.0 Å². The minimum absolute atomic E-state index is 0.566. The molecule has 2 aromatic rings. The topological polar surface area (TPSA) is 82.9 Å². The molecule has 2 N–H and O–H groups in total. The highest BCUT2D eigenvalue weighted by Gasteiger charge is 2.11. The van der Waals surface area contributed by atoms with Crippen molar-refractivity contribution in [2.75, 3.05) is 25.5 Å². The summed E-state index contributed by atoms with van der Waals surface area (Å²) in [4.78, 5) is 1.98. The highest BCUT2D eigenvalue weighted by molar-refractivity contribution is 5.25. The molecule has 0 saturated heterocycles. The first-order chi connectivity index (χ1) is 9.61. The van der Waals surface area contributed by atoms with Crippen LogP contribution in [-0.4, -0.2) is 41.0 Å². The Morgan fingerprint density at radius 1 is 1.30 bits per heavy atom. The first kappa shape index (κ1) is 14.5. The van der Waals surface area contributed by atoms with Crippen LogP contribution in [0.3, 0.4) is 0 Å². The summed E-state index contributed by atoms with van der Waals surface area (Å²) >= 11 is 0. The lowest BCUT2D eigenvalue weighted by molar-refractivity contribution is 0.475. The standard InChI is InChI=1S/C13H22N6O/c1-9-11(10(2)16-15-9)6-5-7-19(4)13-18-17-12(20-13)8-14-3/h14H,5-8H2,1-4H3,(H,15,16). The Labute approximate surface area is 118 Å². The SMILES string of the molecule is CNCc1nnc(N(C)CCCc2c(C)n[nH]c2C)o1. The number of nitrogens with one attached hydrogen (secondary N) is 2. The first-order valence-electron chi connectivity index (χ1n) is 6.80. The van der Waals surface area contributed by atoms with Gasteiger partial charge in [-0.2, -0.15) is 5.10 Å². The fourth-order valence-corrected chi connectivity index (χ4v) is 2.15. The summed E-state index contributed by atoms with van der Waals surface area (Å²) in [5, 5.41) is 18.2. The van der Waals surface area contributed by atoms with E-state index >= 15 is 0 Å². The van der Waals surface area contributed by atoms with E-state index in [2.05, 4.69) is 32.6 Å². The summed E-state index contributed by atoms with van der Waals surface area (Å²) in [6.45, 7) is 5.55. The van der Waals surface area contributed by atoms with Crippen molar-refractivity contribution in [1.82, 2.24) is 25.7 Å². The molecule has 0 saturated carbocycles. The lowest BCUT2D eigenvalue weighted by Crippen LogP contribution is -2.19. The van der Waals surface area contributed by atoms with E-state index in [-0.39, 0.29) is 0 Å². The second-order valence-corrected chi connectivity index (χ2v) is 4.95. The van der Waals surface area contributed by atoms with E-state index in [0.29, 0.717) is 18.5 Å². The Hall–Kier alpha value is -1.89. The largest absolute Gasteiger partial charge is 0.407 e. The van der Waals surface area contributed by atoms with Crippen molar-refractivity contribution >= 4 is 6.01 Å². The normalized spacial score (nSPS) is 11.0. The molecule has 0 aliphatic carbocycles. The van der Waals surface area contributed by atoms with Gasteiger partial charge in [0.2, 0.25) is 5.89 Å². The number of hydrogen-bond acceptors (Lipinski definition) is 6. The summed E-state index contributed by atoms with van der Waals surface area (Å²) < 4.78 is 5.54. The molecule has 7 heteroatoms. The molecule has 0 radical (unpaired) electrons. The monoisotopic (exact) mass is 278 g/mol. The van der Waals surface area contributed by atoms with Crippen molar-refractivity contribution in [3.05, 3.63) is 22.8 Å². The average Bonchev–Trinajstić information content (AvgIpc) is 3.00. The van der Waals surface area contributed by atoms with Gasteiger partial charge < -0.3 is 14.6 Å². The van der Waals surface area contributed by atoms with Crippen molar-refractivity contribution in [2.45, 2.75) is 33.2 Å².